The summed E-state index contributed by atoms with van der Waals surface area (Å²) in [6.07, 6.45) is 0. The van der Waals surface area contributed by atoms with Crippen molar-refractivity contribution in [3.8, 4) is 0 Å². The number of pyridine rings is 1. The normalized spacial score (nSPS) is 10.4. The molecule has 5 heteroatoms. The Kier molecular flexibility index (Phi) is 3.20. The molecule has 1 aromatic carbocycles. The van der Waals surface area contributed by atoms with Crippen molar-refractivity contribution in [3.63, 3.8) is 0 Å². The Morgan fingerprint density at radius 1 is 1.47 bits per heavy atom. The molecule has 5 nitrogen and oxygen atoms in total. The van der Waals surface area contributed by atoms with Crippen LogP contribution in [0.3, 0.4) is 0 Å². The molecule has 2 rings (SSSR count). The second-order valence-corrected chi connectivity index (χ2v) is 3.48. The van der Waals surface area contributed by atoms with Gasteiger partial charge in [0.1, 0.15) is 5.69 Å². The number of rotatable bonds is 3. The van der Waals surface area contributed by atoms with Crippen molar-refractivity contribution in [3.05, 3.63) is 36.0 Å². The first kappa shape index (κ1) is 11.3. The summed E-state index contributed by atoms with van der Waals surface area (Å²) >= 11 is 0. The highest BCUT2D eigenvalue weighted by molar-refractivity contribution is 5.98. The van der Waals surface area contributed by atoms with Gasteiger partial charge in [-0.25, -0.2) is 10.5 Å². The van der Waals surface area contributed by atoms with Crippen molar-refractivity contribution in [1.82, 2.24) is 10.5 Å². The minimum absolute atomic E-state index is 0.245. The van der Waals surface area contributed by atoms with Crippen LogP contribution >= 0.6 is 0 Å². The summed E-state index contributed by atoms with van der Waals surface area (Å²) < 4.78 is 0. The Morgan fingerprint density at radius 3 is 3.00 bits per heavy atom. The number of benzene rings is 1. The molecule has 0 saturated heterocycles. The van der Waals surface area contributed by atoms with Gasteiger partial charge in [0, 0.05) is 11.1 Å². The number of nitrogens with two attached hydrogens (primary N) is 1. The molecule has 0 aliphatic heterocycles. The molecule has 0 radical (unpaired) electrons. The zero-order chi connectivity index (χ0) is 12.3. The van der Waals surface area contributed by atoms with Crippen molar-refractivity contribution in [1.29, 1.82) is 0 Å². The van der Waals surface area contributed by atoms with E-state index in [4.69, 9.17) is 10.6 Å². The van der Waals surface area contributed by atoms with Crippen LogP contribution in [0.4, 0.5) is 5.69 Å². The number of fused-ring (bicyclic) bond motifs is 1. The van der Waals surface area contributed by atoms with E-state index in [-0.39, 0.29) is 5.69 Å². The van der Waals surface area contributed by atoms with E-state index in [1.807, 2.05) is 24.3 Å². The van der Waals surface area contributed by atoms with Crippen LogP contribution < -0.4 is 11.2 Å². The summed E-state index contributed by atoms with van der Waals surface area (Å²) in [4.78, 5) is 20.7. The average molecular weight is 231 g/mol. The number of nitrogens with zero attached hydrogens (tertiary/aromatic N) is 1. The third-order valence-electron chi connectivity index (χ3n) is 2.29. The van der Waals surface area contributed by atoms with Crippen molar-refractivity contribution in [2.24, 2.45) is 0 Å². The maximum Gasteiger partial charge on any atom is 0.293 e. The fraction of sp³-hybridized carbons (Fsp3) is 0.167. The van der Waals surface area contributed by atoms with Crippen LogP contribution in [0.2, 0.25) is 0 Å². The van der Waals surface area contributed by atoms with E-state index >= 15 is 0 Å². The van der Waals surface area contributed by atoms with Gasteiger partial charge < -0.3 is 5.73 Å². The highest BCUT2D eigenvalue weighted by atomic mass is 16.6. The maximum atomic E-state index is 11.6. The first-order chi connectivity index (χ1) is 8.22. The Morgan fingerprint density at radius 2 is 2.24 bits per heavy atom. The molecule has 1 heterocycles. The van der Waals surface area contributed by atoms with Crippen molar-refractivity contribution < 1.29 is 9.63 Å². The molecular weight excluding hydrogens is 218 g/mol. The topological polar surface area (TPSA) is 77.2 Å². The quantitative estimate of drug-likeness (QED) is 0.785. The van der Waals surface area contributed by atoms with Gasteiger partial charge in [0.2, 0.25) is 0 Å². The smallest absolute Gasteiger partial charge is 0.293 e. The molecule has 0 aliphatic rings. The van der Waals surface area contributed by atoms with Crippen LogP contribution in [0.1, 0.15) is 17.4 Å². The fourth-order valence-electron chi connectivity index (χ4n) is 1.51. The van der Waals surface area contributed by atoms with Crippen LogP contribution in [0.25, 0.3) is 10.9 Å². The third kappa shape index (κ3) is 2.34. The SMILES string of the molecule is CCONC(=O)c1cc(N)c2ccccc2n1. The lowest BCUT2D eigenvalue weighted by molar-refractivity contribution is 0.0360. The number of hydroxylamine groups is 1. The lowest BCUT2D eigenvalue weighted by Crippen LogP contribution is -2.24. The third-order valence-corrected chi connectivity index (χ3v) is 2.29. The number of hydrogen-bond acceptors (Lipinski definition) is 4. The second-order valence-electron chi connectivity index (χ2n) is 3.48. The molecule has 0 bridgehead atoms. The second kappa shape index (κ2) is 4.80. The molecule has 2 aromatic rings. The summed E-state index contributed by atoms with van der Waals surface area (Å²) in [6, 6.07) is 8.93. The maximum absolute atomic E-state index is 11.6. The molecule has 88 valence electrons. The molecule has 1 amide bonds. The van der Waals surface area contributed by atoms with Crippen LogP contribution in [0.15, 0.2) is 30.3 Å². The molecule has 1 aromatic heterocycles. The lowest BCUT2D eigenvalue weighted by atomic mass is 10.1. The predicted octanol–water partition coefficient (Wildman–Crippen LogP) is 1.50. The molecule has 0 saturated carbocycles. The van der Waals surface area contributed by atoms with Crippen molar-refractivity contribution >= 4 is 22.5 Å². The Bertz CT molecular complexity index is 554. The van der Waals surface area contributed by atoms with Gasteiger partial charge in [0.05, 0.1) is 12.1 Å². The average Bonchev–Trinajstić information content (AvgIpc) is 2.36. The van der Waals surface area contributed by atoms with E-state index < -0.39 is 5.91 Å². The number of nitrogen functional groups attached to an aromatic ring is 1. The molecule has 0 unspecified atom stereocenters. The fourth-order valence-corrected chi connectivity index (χ4v) is 1.51. The van der Waals surface area contributed by atoms with Crippen LogP contribution in [-0.2, 0) is 4.84 Å². The molecular formula is C12H13N3O2. The Balaban J connectivity index is 2.39. The number of hydrogen-bond donors (Lipinski definition) is 2. The van der Waals surface area contributed by atoms with Gasteiger partial charge in [-0.05, 0) is 19.1 Å². The first-order valence-corrected chi connectivity index (χ1v) is 5.29. The van der Waals surface area contributed by atoms with Gasteiger partial charge in [-0.15, -0.1) is 0 Å². The van der Waals surface area contributed by atoms with Gasteiger partial charge in [-0.2, -0.15) is 0 Å². The van der Waals surface area contributed by atoms with Crippen LogP contribution in [0.5, 0.6) is 0 Å². The van der Waals surface area contributed by atoms with Crippen LogP contribution in [0, 0.1) is 0 Å². The molecule has 17 heavy (non-hydrogen) atoms. The summed E-state index contributed by atoms with van der Waals surface area (Å²) in [5.74, 6) is -0.399. The number of para-hydroxylation sites is 1. The number of anilines is 1. The van der Waals surface area contributed by atoms with Gasteiger partial charge >= 0.3 is 0 Å². The van der Waals surface area contributed by atoms with Crippen molar-refractivity contribution in [2.45, 2.75) is 6.92 Å². The zero-order valence-electron chi connectivity index (χ0n) is 9.43. The number of carbonyl (C=O) groups is 1. The van der Waals surface area contributed by atoms with Crippen LogP contribution in [-0.4, -0.2) is 17.5 Å². The standard InChI is InChI=1S/C12H13N3O2/c1-2-17-15-12(16)11-7-9(13)8-5-3-4-6-10(8)14-11/h3-7H,2H2,1H3,(H2,13,14)(H,15,16). The molecule has 0 fully saturated rings. The molecule has 0 aliphatic carbocycles. The Labute approximate surface area is 98.5 Å². The number of amides is 1. The largest absolute Gasteiger partial charge is 0.398 e. The highest BCUT2D eigenvalue weighted by Gasteiger charge is 2.10. The molecule has 3 N–H and O–H groups in total. The van der Waals surface area contributed by atoms with E-state index in [0.29, 0.717) is 17.8 Å². The van der Waals surface area contributed by atoms with E-state index in [9.17, 15) is 4.79 Å². The first-order valence-electron chi connectivity index (χ1n) is 5.29. The van der Waals surface area contributed by atoms with E-state index in [1.54, 1.807) is 6.92 Å². The van der Waals surface area contributed by atoms with Gasteiger partial charge in [-0.3, -0.25) is 9.63 Å². The van der Waals surface area contributed by atoms with E-state index in [2.05, 4.69) is 10.5 Å². The Hall–Kier alpha value is -2.14. The monoisotopic (exact) mass is 231 g/mol. The zero-order valence-corrected chi connectivity index (χ0v) is 9.43. The number of carbonyl (C=O) groups excluding carboxylic acids is 1. The minimum Gasteiger partial charge on any atom is -0.398 e. The van der Waals surface area contributed by atoms with Gasteiger partial charge in [-0.1, -0.05) is 18.2 Å². The lowest BCUT2D eigenvalue weighted by Gasteiger charge is -2.06. The predicted molar refractivity (Wildman–Crippen MR) is 65.2 cm³/mol. The highest BCUT2D eigenvalue weighted by Crippen LogP contribution is 2.19. The summed E-state index contributed by atoms with van der Waals surface area (Å²) in [7, 11) is 0. The van der Waals surface area contributed by atoms with E-state index in [1.165, 1.54) is 6.07 Å². The number of aromatic nitrogens is 1. The van der Waals surface area contributed by atoms with E-state index in [0.717, 1.165) is 5.39 Å². The molecule has 0 spiro atoms. The molecule has 0 atom stereocenters. The number of nitrogens with one attached hydrogen (secondary N) is 1. The van der Waals surface area contributed by atoms with Gasteiger partial charge in [0.15, 0.2) is 0 Å². The summed E-state index contributed by atoms with van der Waals surface area (Å²) in [6.45, 7) is 2.18. The van der Waals surface area contributed by atoms with Crippen molar-refractivity contribution in [2.75, 3.05) is 12.3 Å². The minimum atomic E-state index is -0.399. The summed E-state index contributed by atoms with van der Waals surface area (Å²) in [5, 5.41) is 0.834. The van der Waals surface area contributed by atoms with Gasteiger partial charge in [0.25, 0.3) is 5.91 Å². The summed E-state index contributed by atoms with van der Waals surface area (Å²) in [5.41, 5.74) is 9.61.